The zero-order valence-electron chi connectivity index (χ0n) is 10.9. The largest absolute Gasteiger partial charge is 0.316 e. The summed E-state index contributed by atoms with van der Waals surface area (Å²) >= 11 is 3.31. The SMILES string of the molecule is Cc1cc(C(=O)Nc2cc(F)ccc2[N+](=O)[O-])ccc1Br. The number of hydrogen-bond acceptors (Lipinski definition) is 3. The number of amides is 1. The number of halogens is 2. The fourth-order valence-electron chi connectivity index (χ4n) is 1.75. The molecule has 7 heteroatoms. The molecule has 0 aliphatic carbocycles. The van der Waals surface area contributed by atoms with E-state index in [1.54, 1.807) is 18.2 Å². The van der Waals surface area contributed by atoms with Crippen molar-refractivity contribution in [1.29, 1.82) is 0 Å². The second-order valence-corrected chi connectivity index (χ2v) is 5.19. The van der Waals surface area contributed by atoms with Crippen molar-refractivity contribution >= 4 is 33.2 Å². The van der Waals surface area contributed by atoms with Gasteiger partial charge in [-0.2, -0.15) is 0 Å². The molecule has 0 radical (unpaired) electrons. The Bertz CT molecular complexity index is 734. The molecule has 0 heterocycles. The Morgan fingerprint density at radius 3 is 2.62 bits per heavy atom. The Balaban J connectivity index is 2.33. The minimum Gasteiger partial charge on any atom is -0.316 e. The van der Waals surface area contributed by atoms with Crippen LogP contribution in [-0.2, 0) is 0 Å². The molecular formula is C14H10BrFN2O3. The Kier molecular flexibility index (Phi) is 4.32. The van der Waals surface area contributed by atoms with E-state index in [-0.39, 0.29) is 11.4 Å². The normalized spacial score (nSPS) is 10.2. The number of rotatable bonds is 3. The minimum absolute atomic E-state index is 0.175. The third-order valence-electron chi connectivity index (χ3n) is 2.82. The molecule has 2 aromatic carbocycles. The van der Waals surface area contributed by atoms with Gasteiger partial charge in [-0.1, -0.05) is 15.9 Å². The molecule has 1 amide bonds. The van der Waals surface area contributed by atoms with Crippen LogP contribution in [0.25, 0.3) is 0 Å². The second kappa shape index (κ2) is 6.01. The Labute approximate surface area is 128 Å². The van der Waals surface area contributed by atoms with Crippen LogP contribution >= 0.6 is 15.9 Å². The lowest BCUT2D eigenvalue weighted by atomic mass is 10.1. The van der Waals surface area contributed by atoms with Gasteiger partial charge in [0.05, 0.1) is 4.92 Å². The van der Waals surface area contributed by atoms with Gasteiger partial charge < -0.3 is 5.32 Å². The number of benzene rings is 2. The maximum atomic E-state index is 13.2. The molecule has 0 saturated heterocycles. The van der Waals surface area contributed by atoms with Crippen molar-refractivity contribution in [1.82, 2.24) is 0 Å². The smallest absolute Gasteiger partial charge is 0.292 e. The molecule has 0 saturated carbocycles. The fraction of sp³-hybridized carbons (Fsp3) is 0.0714. The van der Waals surface area contributed by atoms with Gasteiger partial charge in [0.25, 0.3) is 11.6 Å². The standard InChI is InChI=1S/C14H10BrFN2O3/c1-8-6-9(2-4-11(8)15)14(19)17-12-7-10(16)3-5-13(12)18(20)21/h2-7H,1H3,(H,17,19). The topological polar surface area (TPSA) is 72.2 Å². The van der Waals surface area contributed by atoms with Gasteiger partial charge in [-0.25, -0.2) is 4.39 Å². The van der Waals surface area contributed by atoms with E-state index in [1.165, 1.54) is 0 Å². The van der Waals surface area contributed by atoms with Crippen molar-refractivity contribution in [2.24, 2.45) is 0 Å². The fourth-order valence-corrected chi connectivity index (χ4v) is 1.99. The first-order valence-electron chi connectivity index (χ1n) is 5.90. The second-order valence-electron chi connectivity index (χ2n) is 4.34. The summed E-state index contributed by atoms with van der Waals surface area (Å²) in [5, 5.41) is 13.2. The molecule has 0 atom stereocenters. The first-order chi connectivity index (χ1) is 9.88. The van der Waals surface area contributed by atoms with Crippen molar-refractivity contribution in [3.63, 3.8) is 0 Å². The molecule has 0 spiro atoms. The number of carbonyl (C=O) groups is 1. The number of nitrogens with zero attached hydrogens (tertiary/aromatic N) is 1. The van der Waals surface area contributed by atoms with Crippen LogP contribution in [0.2, 0.25) is 0 Å². The van der Waals surface area contributed by atoms with Crippen molar-refractivity contribution in [3.8, 4) is 0 Å². The van der Waals surface area contributed by atoms with Gasteiger partial charge in [-0.15, -0.1) is 0 Å². The van der Waals surface area contributed by atoms with Gasteiger partial charge in [0.15, 0.2) is 0 Å². The predicted octanol–water partition coefficient (Wildman–Crippen LogP) is 4.06. The third-order valence-corrected chi connectivity index (χ3v) is 3.71. The first-order valence-corrected chi connectivity index (χ1v) is 6.69. The van der Waals surface area contributed by atoms with E-state index < -0.39 is 16.6 Å². The number of nitro groups is 1. The van der Waals surface area contributed by atoms with Crippen LogP contribution in [0, 0.1) is 22.9 Å². The minimum atomic E-state index is -0.679. The number of hydrogen-bond donors (Lipinski definition) is 1. The van der Waals surface area contributed by atoms with Gasteiger partial charge in [0.2, 0.25) is 0 Å². The average Bonchev–Trinajstić information content (AvgIpc) is 2.41. The summed E-state index contributed by atoms with van der Waals surface area (Å²) in [6.07, 6.45) is 0. The van der Waals surface area contributed by atoms with Crippen LogP contribution in [0.15, 0.2) is 40.9 Å². The number of nitro benzene ring substituents is 1. The maximum absolute atomic E-state index is 13.2. The van der Waals surface area contributed by atoms with Crippen molar-refractivity contribution in [2.45, 2.75) is 6.92 Å². The molecular weight excluding hydrogens is 343 g/mol. The zero-order chi connectivity index (χ0) is 15.6. The van der Waals surface area contributed by atoms with Gasteiger partial charge in [-0.05, 0) is 36.8 Å². The monoisotopic (exact) mass is 352 g/mol. The Morgan fingerprint density at radius 2 is 2.00 bits per heavy atom. The summed E-state index contributed by atoms with van der Waals surface area (Å²) in [5.74, 6) is -1.21. The molecule has 0 aliphatic heterocycles. The molecule has 2 rings (SSSR count). The van der Waals surface area contributed by atoms with Crippen LogP contribution in [0.4, 0.5) is 15.8 Å². The van der Waals surface area contributed by atoms with Gasteiger partial charge in [-0.3, -0.25) is 14.9 Å². The van der Waals surface area contributed by atoms with Gasteiger partial charge in [0, 0.05) is 22.2 Å². The number of aryl methyl sites for hydroxylation is 1. The molecule has 1 N–H and O–H groups in total. The molecule has 0 aliphatic rings. The molecule has 0 aromatic heterocycles. The number of nitrogens with one attached hydrogen (secondary N) is 1. The maximum Gasteiger partial charge on any atom is 0.292 e. The first kappa shape index (κ1) is 15.1. The van der Waals surface area contributed by atoms with Crippen molar-refractivity contribution in [3.05, 3.63) is 67.9 Å². The van der Waals surface area contributed by atoms with E-state index in [2.05, 4.69) is 21.2 Å². The highest BCUT2D eigenvalue weighted by Gasteiger charge is 2.17. The Hall–Kier alpha value is -2.28. The molecule has 0 unspecified atom stereocenters. The Morgan fingerprint density at radius 1 is 1.29 bits per heavy atom. The average molecular weight is 353 g/mol. The quantitative estimate of drug-likeness (QED) is 0.668. The summed E-state index contributed by atoms with van der Waals surface area (Å²) in [5.41, 5.74) is 0.634. The molecule has 2 aromatic rings. The van der Waals surface area contributed by atoms with Crippen molar-refractivity contribution in [2.75, 3.05) is 5.32 Å². The summed E-state index contributed by atoms with van der Waals surface area (Å²) in [4.78, 5) is 22.3. The van der Waals surface area contributed by atoms with E-state index >= 15 is 0 Å². The van der Waals surface area contributed by atoms with Crippen LogP contribution < -0.4 is 5.32 Å². The lowest BCUT2D eigenvalue weighted by Gasteiger charge is -2.07. The number of carbonyl (C=O) groups excluding carboxylic acids is 1. The van der Waals surface area contributed by atoms with E-state index in [4.69, 9.17) is 0 Å². The van der Waals surface area contributed by atoms with Crippen LogP contribution in [0.3, 0.4) is 0 Å². The lowest BCUT2D eigenvalue weighted by molar-refractivity contribution is -0.384. The van der Waals surface area contributed by atoms with Crippen LogP contribution in [0.5, 0.6) is 0 Å². The number of anilines is 1. The molecule has 0 bridgehead atoms. The van der Waals surface area contributed by atoms with Gasteiger partial charge >= 0.3 is 0 Å². The summed E-state index contributed by atoms with van der Waals surface area (Å²) < 4.78 is 14.0. The molecule has 0 fully saturated rings. The van der Waals surface area contributed by atoms with Crippen LogP contribution in [-0.4, -0.2) is 10.8 Å². The predicted molar refractivity (Wildman–Crippen MR) is 79.9 cm³/mol. The van der Waals surface area contributed by atoms with E-state index in [0.717, 1.165) is 28.2 Å². The third kappa shape index (κ3) is 3.43. The summed E-state index contributed by atoms with van der Waals surface area (Å²) in [6.45, 7) is 1.81. The highest BCUT2D eigenvalue weighted by Crippen LogP contribution is 2.26. The lowest BCUT2D eigenvalue weighted by Crippen LogP contribution is -2.13. The zero-order valence-corrected chi connectivity index (χ0v) is 12.5. The molecule has 108 valence electrons. The van der Waals surface area contributed by atoms with Gasteiger partial charge in [0.1, 0.15) is 11.5 Å². The highest BCUT2D eigenvalue weighted by molar-refractivity contribution is 9.10. The molecule has 5 nitrogen and oxygen atoms in total. The van der Waals surface area contributed by atoms with Crippen molar-refractivity contribution < 1.29 is 14.1 Å². The highest BCUT2D eigenvalue weighted by atomic mass is 79.9. The van der Waals surface area contributed by atoms with E-state index in [1.807, 2.05) is 6.92 Å². The van der Waals surface area contributed by atoms with E-state index in [0.29, 0.717) is 5.56 Å². The van der Waals surface area contributed by atoms with E-state index in [9.17, 15) is 19.3 Å². The molecule has 21 heavy (non-hydrogen) atoms. The summed E-state index contributed by atoms with van der Waals surface area (Å²) in [7, 11) is 0. The summed E-state index contributed by atoms with van der Waals surface area (Å²) in [6, 6.07) is 7.80. The van der Waals surface area contributed by atoms with Crippen LogP contribution in [0.1, 0.15) is 15.9 Å².